The van der Waals surface area contributed by atoms with E-state index < -0.39 is 261 Å². The van der Waals surface area contributed by atoms with Crippen molar-refractivity contribution in [3.05, 3.63) is 0 Å². The van der Waals surface area contributed by atoms with Crippen molar-refractivity contribution >= 4 is 0 Å². The van der Waals surface area contributed by atoms with Crippen molar-refractivity contribution < 1.29 is 174 Å². The smallest absolute Gasteiger partial charge is 0.187 e. The topological polar surface area (TPSA) is 554 Å². The zero-order chi connectivity index (χ0) is 56.1. The highest BCUT2D eigenvalue weighted by Crippen LogP contribution is 2.39. The van der Waals surface area contributed by atoms with Crippen LogP contribution in [0.1, 0.15) is 0 Å². The van der Waals surface area contributed by atoms with Gasteiger partial charge in [-0.15, -0.1) is 0 Å². The average molecular weight is 1130 g/mol. The van der Waals surface area contributed by atoms with Crippen LogP contribution >= 0.6 is 0 Å². The summed E-state index contributed by atoms with van der Waals surface area (Å²) in [6.45, 7) is -7.33. The molecule has 77 heavy (non-hydrogen) atoms. The van der Waals surface area contributed by atoms with E-state index in [2.05, 4.69) is 0 Å². The molecule has 0 radical (unpaired) electrons. The zero-order valence-corrected chi connectivity index (χ0v) is 40.3. The Morgan fingerprint density at radius 3 is 0.351 bits per heavy atom. The predicted molar refractivity (Wildman–Crippen MR) is 228 cm³/mol. The largest absolute Gasteiger partial charge is 0.394 e. The Morgan fingerprint density at radius 1 is 0.156 bits per heavy atom. The van der Waals surface area contributed by atoms with E-state index in [1.54, 1.807) is 0 Å². The quantitative estimate of drug-likeness (QED) is 0.113. The highest BCUT2D eigenvalue weighted by Gasteiger charge is 2.59. The maximum Gasteiger partial charge on any atom is 0.187 e. The zero-order valence-electron chi connectivity index (χ0n) is 40.3. The molecule has 0 aromatic heterocycles. The fourth-order valence-electron chi connectivity index (χ4n) is 10.4. The fraction of sp³-hybridized carbons (Fsp3) is 1.00. The maximum atomic E-state index is 11.3. The first-order valence-corrected chi connectivity index (χ1v) is 24.6. The van der Waals surface area contributed by atoms with Crippen LogP contribution in [0.25, 0.3) is 0 Å². The average Bonchev–Trinajstić information content (AvgIpc) is 3.47. The number of hydrogen-bond donors (Lipinski definition) is 21. The third-order valence-electron chi connectivity index (χ3n) is 14.8. The lowest BCUT2D eigenvalue weighted by Gasteiger charge is -2.50. The van der Waals surface area contributed by atoms with Crippen LogP contribution in [-0.4, -0.2) is 368 Å². The van der Waals surface area contributed by atoms with Crippen molar-refractivity contribution in [3.63, 3.8) is 0 Å². The van der Waals surface area contributed by atoms with Gasteiger partial charge in [-0.25, -0.2) is 0 Å². The molecule has 21 aliphatic rings. The second-order valence-corrected chi connectivity index (χ2v) is 19.7. The lowest BCUT2D eigenvalue weighted by Crippen LogP contribution is -2.68. The van der Waals surface area contributed by atoms with Crippen molar-refractivity contribution in [1.29, 1.82) is 0 Å². The number of hydrogen-bond acceptors (Lipinski definition) is 35. The minimum atomic E-state index is -2.21. The summed E-state index contributed by atoms with van der Waals surface area (Å²) >= 11 is 0. The molecular weight excluding hydrogens is 1060 g/mol. The molecule has 21 rings (SSSR count). The van der Waals surface area contributed by atoms with Gasteiger partial charge in [-0.2, -0.15) is 0 Å². The maximum absolute atomic E-state index is 11.3. The molecule has 0 amide bonds. The van der Waals surface area contributed by atoms with Gasteiger partial charge in [0.05, 0.1) is 46.2 Å². The van der Waals surface area contributed by atoms with E-state index in [1.807, 2.05) is 0 Å². The molecular formula is C42H70O35. The molecule has 35 nitrogen and oxygen atoms in total. The number of aliphatic hydroxyl groups excluding tert-OH is 21. The van der Waals surface area contributed by atoms with E-state index in [0.29, 0.717) is 0 Å². The molecule has 0 aliphatic carbocycles. The first-order chi connectivity index (χ1) is 36.7. The monoisotopic (exact) mass is 1130 g/mol. The van der Waals surface area contributed by atoms with Crippen LogP contribution in [0.4, 0.5) is 0 Å². The molecule has 35 atom stereocenters. The molecule has 21 heterocycles. The molecule has 0 saturated carbocycles. The molecule has 21 fully saturated rings. The first-order valence-electron chi connectivity index (χ1n) is 24.6. The molecule has 0 spiro atoms. The minimum absolute atomic E-state index is 1.05. The second-order valence-electron chi connectivity index (χ2n) is 19.7. The SMILES string of the molecule is OCC1O[C@@H]2O[C@@H]3C(CO)O[C@H](O[C@@H]4C(CO)O[C@@H](O[C@@H]5C(CO)O[C@H](O[C@@H]6C(CO)O[C@H](O[C@@H]7C(CO)O[C@@H](O[C@@H]8C(CO)O[C@H](O[C@H]1[C@H](O)[C@H]2O)[C@H](O)[C@H]8O)[C@H](O)[C@H]7O)[C@H](O)[C@H]6O)[C@H](O)[C@H]5O)[C@H](O)[C@H]4O)[C@H](O)[C@H]3O. The molecule has 21 aliphatic heterocycles. The lowest BCUT2D eigenvalue weighted by atomic mass is 9.95. The highest BCUT2D eigenvalue weighted by molar-refractivity contribution is 5.01. The van der Waals surface area contributed by atoms with Crippen molar-refractivity contribution in [1.82, 2.24) is 0 Å². The molecule has 7 unspecified atom stereocenters. The van der Waals surface area contributed by atoms with Gasteiger partial charge in [0.15, 0.2) is 44.0 Å². The Morgan fingerprint density at radius 2 is 0.260 bits per heavy atom. The van der Waals surface area contributed by atoms with Gasteiger partial charge in [-0.3, -0.25) is 0 Å². The van der Waals surface area contributed by atoms with E-state index in [-0.39, 0.29) is 0 Å². The summed E-state index contributed by atoms with van der Waals surface area (Å²) in [4.78, 5) is 0. The molecule has 21 N–H and O–H groups in total. The second kappa shape index (κ2) is 26.0. The third kappa shape index (κ3) is 12.1. The van der Waals surface area contributed by atoms with Crippen molar-refractivity contribution in [3.8, 4) is 0 Å². The van der Waals surface area contributed by atoms with Crippen molar-refractivity contribution in [2.45, 2.75) is 215 Å². The number of aliphatic hydroxyl groups is 21. The van der Waals surface area contributed by atoms with Gasteiger partial charge in [-0.05, 0) is 0 Å². The summed E-state index contributed by atoms with van der Waals surface area (Å²) in [5.41, 5.74) is 0. The Labute approximate surface area is 434 Å². The van der Waals surface area contributed by atoms with Gasteiger partial charge in [0.25, 0.3) is 0 Å². The van der Waals surface area contributed by atoms with Gasteiger partial charge in [0, 0.05) is 0 Å². The third-order valence-corrected chi connectivity index (χ3v) is 14.8. The first kappa shape index (κ1) is 61.7. The van der Waals surface area contributed by atoms with Crippen molar-refractivity contribution in [2.75, 3.05) is 46.2 Å². The van der Waals surface area contributed by atoms with Crippen LogP contribution < -0.4 is 0 Å². The molecule has 35 heteroatoms. The molecule has 14 bridgehead atoms. The van der Waals surface area contributed by atoms with Crippen LogP contribution in [0, 0.1) is 0 Å². The highest BCUT2D eigenvalue weighted by atomic mass is 16.8. The predicted octanol–water partition coefficient (Wildman–Crippen LogP) is -15.2. The van der Waals surface area contributed by atoms with Crippen LogP contribution in [0.2, 0.25) is 0 Å². The molecule has 448 valence electrons. The normalized spacial score (nSPS) is 55.4. The van der Waals surface area contributed by atoms with Gasteiger partial charge in [-0.1, -0.05) is 0 Å². The Hall–Kier alpha value is -1.40. The van der Waals surface area contributed by atoms with E-state index in [9.17, 15) is 107 Å². The van der Waals surface area contributed by atoms with Crippen LogP contribution in [0.15, 0.2) is 0 Å². The minimum Gasteiger partial charge on any atom is -0.394 e. The van der Waals surface area contributed by atoms with E-state index in [0.717, 1.165) is 0 Å². The van der Waals surface area contributed by atoms with E-state index in [4.69, 9.17) is 66.3 Å². The van der Waals surface area contributed by atoms with Gasteiger partial charge < -0.3 is 174 Å². The van der Waals surface area contributed by atoms with Crippen LogP contribution in [0.5, 0.6) is 0 Å². The molecule has 21 saturated heterocycles. The number of ether oxygens (including phenoxy) is 14. The summed E-state index contributed by atoms with van der Waals surface area (Å²) in [6, 6.07) is 0. The Balaban J connectivity index is 1.08. The summed E-state index contributed by atoms with van der Waals surface area (Å²) in [7, 11) is 0. The van der Waals surface area contributed by atoms with Crippen molar-refractivity contribution in [2.24, 2.45) is 0 Å². The van der Waals surface area contributed by atoms with Crippen LogP contribution in [0.3, 0.4) is 0 Å². The summed E-state index contributed by atoms with van der Waals surface area (Å²) in [5.74, 6) is 0. The van der Waals surface area contributed by atoms with E-state index in [1.165, 1.54) is 0 Å². The molecule has 0 aromatic carbocycles. The summed E-state index contributed by atoms with van der Waals surface area (Å²) in [6.07, 6.45) is -70.2. The summed E-state index contributed by atoms with van der Waals surface area (Å²) < 4.78 is 79.5. The summed E-state index contributed by atoms with van der Waals surface area (Å²) in [5, 5.41) is 230. The Bertz CT molecular complexity index is 1470. The van der Waals surface area contributed by atoms with Gasteiger partial charge in [0.2, 0.25) is 0 Å². The van der Waals surface area contributed by atoms with E-state index >= 15 is 0 Å². The van der Waals surface area contributed by atoms with Crippen LogP contribution in [-0.2, 0) is 66.3 Å². The van der Waals surface area contributed by atoms with Gasteiger partial charge in [0.1, 0.15) is 171 Å². The Kier molecular flexibility index (Phi) is 20.8. The number of rotatable bonds is 7. The lowest BCUT2D eigenvalue weighted by molar-refractivity contribution is -0.396. The van der Waals surface area contributed by atoms with Gasteiger partial charge >= 0.3 is 0 Å². The fourth-order valence-corrected chi connectivity index (χ4v) is 10.4. The molecule has 0 aromatic rings. The standard InChI is InChI=1S/C42H70O35/c43-1-8-29-15(50)22(57)36(64-8)72-30-9(2-44)66-38(24(59)17(30)52)74-32-11(4-46)68-40(26(61)19(32)54)76-34-13(6-48)70-42(28(63)21(34)56)77-35-14(7-49)69-41(27(62)20(35)55)75-33-12(5-47)67-39(25(60)18(33)53)73-31-10(3-45)65-37(71-29)23(58)16(31)51/h8-63H,1-7H2/t8?,9?,10?,11?,12?,13?,14?,15-,16-,17-,18-,19-,20-,21-,22-,23-,24-,25-,26-,27-,28-,29-,30-,31-,32-,33-,34-,35-,36-,37-,38-,39+,40+,41-,42-/m1/s1.